The number of aliphatic hydroxyl groups is 1. The van der Waals surface area contributed by atoms with Gasteiger partial charge in [-0.25, -0.2) is 0 Å². The molecule has 1 aromatic carbocycles. The molecule has 1 aromatic heterocycles. The SMILES string of the molecule is OCCc1conc1[C@H](Br)c1ccccc1. The van der Waals surface area contributed by atoms with E-state index in [0.717, 1.165) is 16.8 Å². The van der Waals surface area contributed by atoms with E-state index in [9.17, 15) is 0 Å². The summed E-state index contributed by atoms with van der Waals surface area (Å²) in [5.41, 5.74) is 2.89. The number of alkyl halides is 1. The molecular weight excluding hydrogens is 270 g/mol. The number of aliphatic hydroxyl groups excluding tert-OH is 1. The van der Waals surface area contributed by atoms with Crippen molar-refractivity contribution in [3.8, 4) is 0 Å². The second kappa shape index (κ2) is 5.27. The van der Waals surface area contributed by atoms with Crippen molar-refractivity contribution in [2.45, 2.75) is 11.2 Å². The van der Waals surface area contributed by atoms with Crippen molar-refractivity contribution >= 4 is 15.9 Å². The van der Waals surface area contributed by atoms with Crippen LogP contribution in [-0.2, 0) is 6.42 Å². The lowest BCUT2D eigenvalue weighted by Gasteiger charge is -2.08. The zero-order chi connectivity index (χ0) is 11.4. The van der Waals surface area contributed by atoms with Gasteiger partial charge >= 0.3 is 0 Å². The van der Waals surface area contributed by atoms with Crippen molar-refractivity contribution in [3.63, 3.8) is 0 Å². The van der Waals surface area contributed by atoms with Crippen LogP contribution in [0, 0.1) is 0 Å². The zero-order valence-corrected chi connectivity index (χ0v) is 10.2. The Kier molecular flexibility index (Phi) is 3.74. The highest BCUT2D eigenvalue weighted by Crippen LogP contribution is 2.31. The van der Waals surface area contributed by atoms with Crippen molar-refractivity contribution in [3.05, 3.63) is 53.4 Å². The predicted molar refractivity (Wildman–Crippen MR) is 64.5 cm³/mol. The molecule has 0 unspecified atom stereocenters. The summed E-state index contributed by atoms with van der Waals surface area (Å²) in [7, 11) is 0. The molecule has 2 aromatic rings. The van der Waals surface area contributed by atoms with Crippen molar-refractivity contribution in [1.82, 2.24) is 5.16 Å². The molecule has 0 aliphatic carbocycles. The normalized spacial score (nSPS) is 12.6. The summed E-state index contributed by atoms with van der Waals surface area (Å²) in [6.07, 6.45) is 2.15. The molecule has 1 atom stereocenters. The maximum atomic E-state index is 8.93. The zero-order valence-electron chi connectivity index (χ0n) is 8.64. The van der Waals surface area contributed by atoms with E-state index in [1.165, 1.54) is 0 Å². The lowest BCUT2D eigenvalue weighted by molar-refractivity contribution is 0.299. The molecule has 0 fully saturated rings. The Morgan fingerprint density at radius 3 is 2.75 bits per heavy atom. The van der Waals surface area contributed by atoms with Crippen LogP contribution in [0.25, 0.3) is 0 Å². The largest absolute Gasteiger partial charge is 0.396 e. The fraction of sp³-hybridized carbons (Fsp3) is 0.250. The van der Waals surface area contributed by atoms with Gasteiger partial charge < -0.3 is 9.63 Å². The monoisotopic (exact) mass is 281 g/mol. The lowest BCUT2D eigenvalue weighted by Crippen LogP contribution is -1.99. The van der Waals surface area contributed by atoms with Crippen molar-refractivity contribution in [2.24, 2.45) is 0 Å². The van der Waals surface area contributed by atoms with Crippen LogP contribution in [0.3, 0.4) is 0 Å². The molecule has 1 heterocycles. The molecule has 16 heavy (non-hydrogen) atoms. The smallest absolute Gasteiger partial charge is 0.127 e. The Balaban J connectivity index is 2.27. The first-order valence-corrected chi connectivity index (χ1v) is 5.97. The van der Waals surface area contributed by atoms with E-state index >= 15 is 0 Å². The third-order valence-electron chi connectivity index (χ3n) is 2.39. The summed E-state index contributed by atoms with van der Waals surface area (Å²) in [4.78, 5) is 0.00833. The quantitative estimate of drug-likeness (QED) is 0.877. The van der Waals surface area contributed by atoms with Crippen LogP contribution < -0.4 is 0 Å². The van der Waals surface area contributed by atoms with E-state index in [4.69, 9.17) is 9.63 Å². The minimum atomic E-state index is 0.00833. The Morgan fingerprint density at radius 2 is 2.06 bits per heavy atom. The Bertz CT molecular complexity index is 441. The van der Waals surface area contributed by atoms with E-state index in [0.29, 0.717) is 6.42 Å². The number of benzene rings is 1. The van der Waals surface area contributed by atoms with Gasteiger partial charge in [-0.1, -0.05) is 51.4 Å². The maximum Gasteiger partial charge on any atom is 0.127 e. The van der Waals surface area contributed by atoms with Gasteiger partial charge in [0.1, 0.15) is 12.0 Å². The summed E-state index contributed by atoms with van der Waals surface area (Å²) in [5, 5.41) is 12.9. The molecular formula is C12H12BrNO2. The van der Waals surface area contributed by atoms with Crippen LogP contribution in [0.15, 0.2) is 41.1 Å². The first-order chi connectivity index (χ1) is 7.83. The first kappa shape index (κ1) is 11.4. The van der Waals surface area contributed by atoms with Gasteiger partial charge in [0.2, 0.25) is 0 Å². The van der Waals surface area contributed by atoms with Gasteiger partial charge in [-0.15, -0.1) is 0 Å². The van der Waals surface area contributed by atoms with Crippen LogP contribution in [0.2, 0.25) is 0 Å². The number of aromatic nitrogens is 1. The third-order valence-corrected chi connectivity index (χ3v) is 3.35. The van der Waals surface area contributed by atoms with Gasteiger partial charge in [0, 0.05) is 18.6 Å². The van der Waals surface area contributed by atoms with E-state index in [1.54, 1.807) is 6.26 Å². The third kappa shape index (κ3) is 2.33. The first-order valence-electron chi connectivity index (χ1n) is 5.06. The van der Waals surface area contributed by atoms with Crippen LogP contribution in [-0.4, -0.2) is 16.9 Å². The summed E-state index contributed by atoms with van der Waals surface area (Å²) < 4.78 is 4.95. The fourth-order valence-electron chi connectivity index (χ4n) is 1.56. The highest BCUT2D eigenvalue weighted by Gasteiger charge is 2.17. The average molecular weight is 282 g/mol. The Labute approximate surface area is 102 Å². The number of hydrogen-bond acceptors (Lipinski definition) is 3. The van der Waals surface area contributed by atoms with Gasteiger partial charge in [-0.2, -0.15) is 0 Å². The molecule has 0 saturated carbocycles. The van der Waals surface area contributed by atoms with Crippen molar-refractivity contribution in [2.75, 3.05) is 6.61 Å². The molecule has 4 heteroatoms. The highest BCUT2D eigenvalue weighted by atomic mass is 79.9. The standard InChI is InChI=1S/C12H12BrNO2/c13-11(9-4-2-1-3-5-9)12-10(6-7-15)8-16-14-12/h1-5,8,11,15H,6-7H2/t11-/m1/s1. The molecule has 0 bridgehead atoms. The van der Waals surface area contributed by atoms with E-state index in [1.807, 2.05) is 30.3 Å². The Morgan fingerprint density at radius 1 is 1.31 bits per heavy atom. The maximum absolute atomic E-state index is 8.93. The molecule has 0 aliphatic rings. The predicted octanol–water partition coefficient (Wildman–Crippen LogP) is 2.69. The molecule has 0 amide bonds. The molecule has 0 saturated heterocycles. The molecule has 0 spiro atoms. The number of hydrogen-bond donors (Lipinski definition) is 1. The second-order valence-corrected chi connectivity index (χ2v) is 4.39. The van der Waals surface area contributed by atoms with E-state index in [-0.39, 0.29) is 11.4 Å². The van der Waals surface area contributed by atoms with Gasteiger partial charge in [0.15, 0.2) is 0 Å². The molecule has 84 valence electrons. The summed E-state index contributed by atoms with van der Waals surface area (Å²) in [6, 6.07) is 9.99. The average Bonchev–Trinajstić information content (AvgIpc) is 2.78. The van der Waals surface area contributed by atoms with Gasteiger partial charge in [0.25, 0.3) is 0 Å². The molecule has 0 radical (unpaired) electrons. The second-order valence-electron chi connectivity index (χ2n) is 3.47. The summed E-state index contributed by atoms with van der Waals surface area (Å²) >= 11 is 3.59. The van der Waals surface area contributed by atoms with Crippen LogP contribution in [0.4, 0.5) is 0 Å². The lowest BCUT2D eigenvalue weighted by atomic mass is 10.1. The van der Waals surface area contributed by atoms with Crippen LogP contribution >= 0.6 is 15.9 Å². The molecule has 1 N–H and O–H groups in total. The number of halogens is 1. The minimum Gasteiger partial charge on any atom is -0.396 e. The Hall–Kier alpha value is -1.13. The summed E-state index contributed by atoms with van der Waals surface area (Å²) in [6.45, 7) is 0.0999. The fourth-order valence-corrected chi connectivity index (χ4v) is 2.24. The molecule has 3 nitrogen and oxygen atoms in total. The minimum absolute atomic E-state index is 0.00833. The van der Waals surface area contributed by atoms with E-state index in [2.05, 4.69) is 21.1 Å². The van der Waals surface area contributed by atoms with Crippen LogP contribution in [0.1, 0.15) is 21.6 Å². The summed E-state index contributed by atoms with van der Waals surface area (Å²) in [5.74, 6) is 0. The topological polar surface area (TPSA) is 46.3 Å². The molecule has 2 rings (SSSR count). The van der Waals surface area contributed by atoms with Crippen molar-refractivity contribution in [1.29, 1.82) is 0 Å². The number of nitrogens with zero attached hydrogens (tertiary/aromatic N) is 1. The van der Waals surface area contributed by atoms with Gasteiger partial charge in [-0.3, -0.25) is 0 Å². The van der Waals surface area contributed by atoms with Crippen LogP contribution in [0.5, 0.6) is 0 Å². The highest BCUT2D eigenvalue weighted by molar-refractivity contribution is 9.09. The van der Waals surface area contributed by atoms with Gasteiger partial charge in [-0.05, 0) is 5.56 Å². The van der Waals surface area contributed by atoms with Crippen molar-refractivity contribution < 1.29 is 9.63 Å². The van der Waals surface area contributed by atoms with Gasteiger partial charge in [0.05, 0.1) is 4.83 Å². The molecule has 0 aliphatic heterocycles. The number of rotatable bonds is 4. The van der Waals surface area contributed by atoms with E-state index < -0.39 is 0 Å².